The van der Waals surface area contributed by atoms with Gasteiger partial charge in [0, 0.05) is 38.0 Å². The lowest BCUT2D eigenvalue weighted by atomic mass is 10.0. The lowest BCUT2D eigenvalue weighted by molar-refractivity contribution is -0.131. The lowest BCUT2D eigenvalue weighted by Gasteiger charge is -2.25. The molecule has 0 aliphatic carbocycles. The Balaban J connectivity index is 1.33. The SMILES string of the molecule is O=C(CCNS(=O)(=O)c1ccc2c(c1)OCCCO2)N1CCCC1Cc1cccc(F)c1. The zero-order chi connectivity index (χ0) is 22.6. The first-order valence-electron chi connectivity index (χ1n) is 10.9. The van der Waals surface area contributed by atoms with E-state index in [1.165, 1.54) is 24.3 Å². The van der Waals surface area contributed by atoms with Gasteiger partial charge >= 0.3 is 0 Å². The highest BCUT2D eigenvalue weighted by Gasteiger charge is 2.29. The normalized spacial score (nSPS) is 18.4. The molecule has 2 aliphatic rings. The van der Waals surface area contributed by atoms with Gasteiger partial charge in [-0.15, -0.1) is 0 Å². The Labute approximate surface area is 187 Å². The molecule has 0 bridgehead atoms. The maximum atomic E-state index is 13.5. The fourth-order valence-electron chi connectivity index (χ4n) is 4.14. The number of hydrogen-bond donors (Lipinski definition) is 1. The van der Waals surface area contributed by atoms with Gasteiger partial charge in [-0.2, -0.15) is 0 Å². The number of fused-ring (bicyclic) bond motifs is 1. The maximum Gasteiger partial charge on any atom is 0.240 e. The van der Waals surface area contributed by atoms with Crippen LogP contribution in [0.3, 0.4) is 0 Å². The second kappa shape index (κ2) is 9.87. The van der Waals surface area contributed by atoms with Crippen molar-refractivity contribution in [3.8, 4) is 11.5 Å². The van der Waals surface area contributed by atoms with Gasteiger partial charge in [0.05, 0.1) is 18.1 Å². The third-order valence-electron chi connectivity index (χ3n) is 5.72. The van der Waals surface area contributed by atoms with Crippen LogP contribution in [0.1, 0.15) is 31.2 Å². The highest BCUT2D eigenvalue weighted by atomic mass is 32.2. The second-order valence-corrected chi connectivity index (χ2v) is 9.79. The maximum absolute atomic E-state index is 13.5. The molecule has 2 aromatic rings. The molecule has 1 N–H and O–H groups in total. The molecule has 1 saturated heterocycles. The van der Waals surface area contributed by atoms with Crippen molar-refractivity contribution in [1.29, 1.82) is 0 Å². The van der Waals surface area contributed by atoms with Gasteiger partial charge < -0.3 is 14.4 Å². The molecule has 9 heteroatoms. The molecular weight excluding hydrogens is 435 g/mol. The van der Waals surface area contributed by atoms with Crippen LogP contribution in [0.25, 0.3) is 0 Å². The van der Waals surface area contributed by atoms with Gasteiger partial charge in [-0.1, -0.05) is 12.1 Å². The van der Waals surface area contributed by atoms with Gasteiger partial charge in [0.2, 0.25) is 15.9 Å². The summed E-state index contributed by atoms with van der Waals surface area (Å²) in [5.74, 6) is 0.529. The Morgan fingerprint density at radius 3 is 2.72 bits per heavy atom. The summed E-state index contributed by atoms with van der Waals surface area (Å²) >= 11 is 0. The second-order valence-electron chi connectivity index (χ2n) is 8.02. The van der Waals surface area contributed by atoms with Crippen LogP contribution in [-0.2, 0) is 21.2 Å². The van der Waals surface area contributed by atoms with Crippen molar-refractivity contribution >= 4 is 15.9 Å². The average molecular weight is 463 g/mol. The van der Waals surface area contributed by atoms with Gasteiger partial charge in [0.15, 0.2) is 11.5 Å². The number of amides is 1. The lowest BCUT2D eigenvalue weighted by Crippen LogP contribution is -2.38. The standard InChI is InChI=1S/C23H27FN2O5S/c24-18-5-1-4-17(14-18)15-19-6-2-11-26(19)23(27)9-10-25-32(28,29)20-7-8-21-22(16-20)31-13-3-12-30-21/h1,4-5,7-8,14,16,19,25H,2-3,6,9-13,15H2. The largest absolute Gasteiger partial charge is 0.490 e. The van der Waals surface area contributed by atoms with Crippen molar-refractivity contribution in [3.05, 3.63) is 53.8 Å². The molecular formula is C23H27FN2O5S. The summed E-state index contributed by atoms with van der Waals surface area (Å²) in [5.41, 5.74) is 0.852. The fourth-order valence-corrected chi connectivity index (χ4v) is 5.19. The van der Waals surface area contributed by atoms with Crippen molar-refractivity contribution in [3.63, 3.8) is 0 Å². The Hall–Kier alpha value is -2.65. The van der Waals surface area contributed by atoms with E-state index in [2.05, 4.69) is 4.72 Å². The van der Waals surface area contributed by atoms with Crippen LogP contribution in [-0.4, -0.2) is 51.6 Å². The van der Waals surface area contributed by atoms with Gasteiger partial charge in [0.25, 0.3) is 0 Å². The van der Waals surface area contributed by atoms with E-state index in [0.29, 0.717) is 37.7 Å². The number of carbonyl (C=O) groups excluding carboxylic acids is 1. The number of hydrogen-bond acceptors (Lipinski definition) is 5. The summed E-state index contributed by atoms with van der Waals surface area (Å²) in [6, 6.07) is 10.9. The van der Waals surface area contributed by atoms with Gasteiger partial charge in [-0.05, 0) is 49.1 Å². The zero-order valence-corrected chi connectivity index (χ0v) is 18.6. The minimum Gasteiger partial charge on any atom is -0.490 e. The highest BCUT2D eigenvalue weighted by Crippen LogP contribution is 2.31. The molecule has 4 rings (SSSR count). The number of rotatable bonds is 7. The molecule has 2 aromatic carbocycles. The van der Waals surface area contributed by atoms with E-state index < -0.39 is 10.0 Å². The van der Waals surface area contributed by atoms with Crippen LogP contribution < -0.4 is 14.2 Å². The van der Waals surface area contributed by atoms with Crippen molar-refractivity contribution in [2.24, 2.45) is 0 Å². The molecule has 1 unspecified atom stereocenters. The Morgan fingerprint density at radius 2 is 1.91 bits per heavy atom. The molecule has 1 atom stereocenters. The van der Waals surface area contributed by atoms with E-state index in [0.717, 1.165) is 24.8 Å². The first-order chi connectivity index (χ1) is 15.4. The summed E-state index contributed by atoms with van der Waals surface area (Å²) < 4.78 is 52.4. The number of halogens is 1. The van der Waals surface area contributed by atoms with Gasteiger partial charge in [-0.25, -0.2) is 17.5 Å². The molecule has 2 aliphatic heterocycles. The molecule has 7 nitrogen and oxygen atoms in total. The number of sulfonamides is 1. The van der Waals surface area contributed by atoms with Crippen molar-refractivity contribution in [2.75, 3.05) is 26.3 Å². The number of carbonyl (C=O) groups is 1. The van der Waals surface area contributed by atoms with Gasteiger partial charge in [-0.3, -0.25) is 4.79 Å². The van der Waals surface area contributed by atoms with E-state index in [9.17, 15) is 17.6 Å². The number of benzene rings is 2. The Bertz CT molecular complexity index is 1080. The predicted octanol–water partition coefficient (Wildman–Crippen LogP) is 2.89. The first kappa shape index (κ1) is 22.5. The molecule has 0 spiro atoms. The Kier molecular flexibility index (Phi) is 6.95. The highest BCUT2D eigenvalue weighted by molar-refractivity contribution is 7.89. The molecule has 1 amide bonds. The third-order valence-corrected chi connectivity index (χ3v) is 7.18. The predicted molar refractivity (Wildman–Crippen MR) is 117 cm³/mol. The van der Waals surface area contributed by atoms with Crippen LogP contribution in [0.2, 0.25) is 0 Å². The molecule has 0 radical (unpaired) electrons. The summed E-state index contributed by atoms with van der Waals surface area (Å²) in [6.45, 7) is 1.62. The number of ether oxygens (including phenoxy) is 2. The molecule has 32 heavy (non-hydrogen) atoms. The summed E-state index contributed by atoms with van der Waals surface area (Å²) in [6.07, 6.45) is 3.11. The van der Waals surface area contributed by atoms with Gasteiger partial charge in [0.1, 0.15) is 5.82 Å². The first-order valence-corrected chi connectivity index (χ1v) is 12.3. The quantitative estimate of drug-likeness (QED) is 0.684. The topological polar surface area (TPSA) is 84.9 Å². The van der Waals surface area contributed by atoms with E-state index in [1.807, 2.05) is 6.07 Å². The molecule has 172 valence electrons. The van der Waals surface area contributed by atoms with Crippen LogP contribution >= 0.6 is 0 Å². The molecule has 2 heterocycles. The zero-order valence-electron chi connectivity index (χ0n) is 17.8. The van der Waals surface area contributed by atoms with Crippen LogP contribution in [0.4, 0.5) is 4.39 Å². The average Bonchev–Trinajstić information content (AvgIpc) is 3.09. The molecule has 0 aromatic heterocycles. The molecule has 0 saturated carbocycles. The number of nitrogens with one attached hydrogen (secondary N) is 1. The monoisotopic (exact) mass is 462 g/mol. The van der Waals surface area contributed by atoms with E-state index in [4.69, 9.17) is 9.47 Å². The third kappa shape index (κ3) is 5.39. The Morgan fingerprint density at radius 1 is 1.09 bits per heavy atom. The van der Waals surface area contributed by atoms with Crippen LogP contribution in [0.15, 0.2) is 47.4 Å². The van der Waals surface area contributed by atoms with Crippen molar-refractivity contribution in [1.82, 2.24) is 9.62 Å². The molecule has 1 fully saturated rings. The van der Waals surface area contributed by atoms with Crippen molar-refractivity contribution < 1.29 is 27.1 Å². The van der Waals surface area contributed by atoms with Crippen molar-refractivity contribution in [2.45, 2.75) is 43.0 Å². The smallest absolute Gasteiger partial charge is 0.240 e. The van der Waals surface area contributed by atoms with E-state index in [-0.39, 0.29) is 35.6 Å². The van der Waals surface area contributed by atoms with Crippen LogP contribution in [0.5, 0.6) is 11.5 Å². The van der Waals surface area contributed by atoms with E-state index in [1.54, 1.807) is 17.0 Å². The van der Waals surface area contributed by atoms with Crippen LogP contribution in [0, 0.1) is 5.82 Å². The fraction of sp³-hybridized carbons (Fsp3) is 0.435. The number of nitrogens with zero attached hydrogens (tertiary/aromatic N) is 1. The minimum atomic E-state index is -3.79. The summed E-state index contributed by atoms with van der Waals surface area (Å²) in [4.78, 5) is 14.6. The van der Waals surface area contributed by atoms with E-state index >= 15 is 0 Å². The minimum absolute atomic E-state index is 0.00120. The summed E-state index contributed by atoms with van der Waals surface area (Å²) in [5, 5.41) is 0. The number of likely N-dealkylation sites (tertiary alicyclic amines) is 1. The summed E-state index contributed by atoms with van der Waals surface area (Å²) in [7, 11) is -3.79.